The molecule has 1 N–H and O–H groups in total. The number of sulfonamides is 1. The van der Waals surface area contributed by atoms with Crippen LogP contribution in [0.15, 0.2) is 12.0 Å². The normalized spacial score (nSPS) is 11.2. The number of hydrogen-bond acceptors (Lipinski definition) is 3. The average Bonchev–Trinajstić information content (AvgIpc) is 1.87. The number of carbonyl (C=O) groups is 1. The summed E-state index contributed by atoms with van der Waals surface area (Å²) in [5.74, 6) is -0.866. The third-order valence-corrected chi connectivity index (χ3v) is 1.91. The van der Waals surface area contributed by atoms with Crippen molar-refractivity contribution in [3.63, 3.8) is 0 Å². The molecule has 0 aliphatic heterocycles. The van der Waals surface area contributed by atoms with Gasteiger partial charge >= 0.3 is 0 Å². The minimum atomic E-state index is -3.60. The number of hydrogen-bond donors (Lipinski definition) is 1. The van der Waals surface area contributed by atoms with Crippen molar-refractivity contribution in [1.29, 1.82) is 0 Å². The SMILES string of the molecule is C=CS(=O)(=O)NC(=O)C(C)C. The fraction of sp³-hybridized carbons (Fsp3) is 0.500. The molecule has 0 fully saturated rings. The smallest absolute Gasteiger partial charge is 0.256 e. The van der Waals surface area contributed by atoms with Crippen LogP contribution in [0.2, 0.25) is 0 Å². The maximum Gasteiger partial charge on any atom is 0.256 e. The fourth-order valence-corrected chi connectivity index (χ4v) is 0.899. The molecule has 0 aromatic heterocycles. The van der Waals surface area contributed by atoms with E-state index < -0.39 is 15.9 Å². The van der Waals surface area contributed by atoms with Gasteiger partial charge in [0.05, 0.1) is 0 Å². The summed E-state index contributed by atoms with van der Waals surface area (Å²) < 4.78 is 23.1. The number of rotatable bonds is 3. The van der Waals surface area contributed by atoms with Gasteiger partial charge in [0.1, 0.15) is 0 Å². The second kappa shape index (κ2) is 3.52. The highest BCUT2D eigenvalue weighted by molar-refractivity contribution is 7.92. The van der Waals surface area contributed by atoms with Crippen molar-refractivity contribution in [3.05, 3.63) is 12.0 Å². The van der Waals surface area contributed by atoms with Crippen molar-refractivity contribution in [3.8, 4) is 0 Å². The summed E-state index contributed by atoms with van der Waals surface area (Å²) in [5, 5.41) is 0.702. The highest BCUT2D eigenvalue weighted by atomic mass is 32.2. The number of nitrogens with one attached hydrogen (secondary N) is 1. The first kappa shape index (κ1) is 10.2. The van der Waals surface area contributed by atoms with Crippen molar-refractivity contribution in [1.82, 2.24) is 4.72 Å². The third kappa shape index (κ3) is 3.77. The van der Waals surface area contributed by atoms with Crippen molar-refractivity contribution >= 4 is 15.9 Å². The first-order chi connectivity index (χ1) is 4.89. The Balaban J connectivity index is 4.29. The molecule has 0 saturated heterocycles. The van der Waals surface area contributed by atoms with Crippen LogP contribution < -0.4 is 4.72 Å². The first-order valence-electron chi connectivity index (χ1n) is 3.08. The van der Waals surface area contributed by atoms with Gasteiger partial charge in [-0.3, -0.25) is 4.79 Å². The Bertz CT molecular complexity index is 253. The zero-order chi connectivity index (χ0) is 9.07. The summed E-state index contributed by atoms with van der Waals surface area (Å²) in [6, 6.07) is 0. The Morgan fingerprint density at radius 3 is 2.27 bits per heavy atom. The van der Waals surface area contributed by atoms with Crippen LogP contribution in [0.25, 0.3) is 0 Å². The van der Waals surface area contributed by atoms with Crippen LogP contribution in [0.1, 0.15) is 13.8 Å². The lowest BCUT2D eigenvalue weighted by molar-refractivity contribution is -0.122. The van der Waals surface area contributed by atoms with Crippen LogP contribution in [-0.2, 0) is 14.8 Å². The summed E-state index contributed by atoms with van der Waals surface area (Å²) in [6.45, 7) is 6.25. The molecule has 0 bridgehead atoms. The van der Waals surface area contributed by atoms with Crippen LogP contribution in [-0.4, -0.2) is 14.3 Å². The van der Waals surface area contributed by atoms with Crippen molar-refractivity contribution in [2.45, 2.75) is 13.8 Å². The number of amides is 1. The summed E-state index contributed by atoms with van der Waals surface area (Å²) >= 11 is 0. The zero-order valence-electron chi connectivity index (χ0n) is 6.49. The van der Waals surface area contributed by atoms with Gasteiger partial charge in [0.2, 0.25) is 5.91 Å². The quantitative estimate of drug-likeness (QED) is 0.671. The summed E-state index contributed by atoms with van der Waals surface area (Å²) in [7, 11) is -3.60. The van der Waals surface area contributed by atoms with Crippen LogP contribution in [0, 0.1) is 5.92 Å². The highest BCUT2D eigenvalue weighted by Crippen LogP contribution is 1.93. The molecule has 0 saturated carbocycles. The molecule has 5 heteroatoms. The van der Waals surface area contributed by atoms with E-state index in [1.165, 1.54) is 0 Å². The van der Waals surface area contributed by atoms with E-state index in [1.807, 2.05) is 4.72 Å². The van der Waals surface area contributed by atoms with E-state index in [1.54, 1.807) is 13.8 Å². The van der Waals surface area contributed by atoms with Gasteiger partial charge in [-0.1, -0.05) is 20.4 Å². The Labute approximate surface area is 66.3 Å². The van der Waals surface area contributed by atoms with Crippen LogP contribution in [0.4, 0.5) is 0 Å². The minimum Gasteiger partial charge on any atom is -0.274 e. The molecule has 4 nitrogen and oxygen atoms in total. The second-order valence-corrected chi connectivity index (χ2v) is 3.96. The third-order valence-electron chi connectivity index (χ3n) is 0.987. The molecule has 0 aliphatic rings. The number of carbonyl (C=O) groups excluding carboxylic acids is 1. The van der Waals surface area contributed by atoms with E-state index in [2.05, 4.69) is 6.58 Å². The molecule has 0 aromatic rings. The Morgan fingerprint density at radius 2 is 2.00 bits per heavy atom. The van der Waals surface area contributed by atoms with E-state index in [-0.39, 0.29) is 5.92 Å². The predicted octanol–water partition coefficient (Wildman–Crippen LogP) is 0.232. The molecule has 0 rings (SSSR count). The lowest BCUT2D eigenvalue weighted by atomic mass is 10.2. The van der Waals surface area contributed by atoms with Gasteiger partial charge in [0.15, 0.2) is 0 Å². The maximum absolute atomic E-state index is 10.8. The first-order valence-corrected chi connectivity index (χ1v) is 4.63. The summed E-state index contributed by atoms with van der Waals surface area (Å²) in [5.41, 5.74) is 0. The topological polar surface area (TPSA) is 63.2 Å². The summed E-state index contributed by atoms with van der Waals surface area (Å²) in [6.07, 6.45) is 0. The highest BCUT2D eigenvalue weighted by Gasteiger charge is 2.12. The van der Waals surface area contributed by atoms with Crippen LogP contribution in [0.3, 0.4) is 0 Å². The Morgan fingerprint density at radius 1 is 1.55 bits per heavy atom. The van der Waals surface area contributed by atoms with Gasteiger partial charge in [-0.05, 0) is 0 Å². The lowest BCUT2D eigenvalue weighted by Crippen LogP contribution is -2.31. The minimum absolute atomic E-state index is 0.343. The molecule has 0 unspecified atom stereocenters. The van der Waals surface area contributed by atoms with E-state index in [9.17, 15) is 13.2 Å². The van der Waals surface area contributed by atoms with Gasteiger partial charge in [-0.2, -0.15) is 0 Å². The molecule has 0 radical (unpaired) electrons. The van der Waals surface area contributed by atoms with Gasteiger partial charge < -0.3 is 0 Å². The van der Waals surface area contributed by atoms with Crippen LogP contribution >= 0.6 is 0 Å². The van der Waals surface area contributed by atoms with E-state index in [0.29, 0.717) is 5.41 Å². The molecule has 64 valence electrons. The summed E-state index contributed by atoms with van der Waals surface area (Å²) in [4.78, 5) is 10.8. The molecule has 0 aliphatic carbocycles. The maximum atomic E-state index is 10.8. The lowest BCUT2D eigenvalue weighted by Gasteiger charge is -2.04. The van der Waals surface area contributed by atoms with Crippen molar-refractivity contribution in [2.24, 2.45) is 5.92 Å². The van der Waals surface area contributed by atoms with Gasteiger partial charge in [-0.15, -0.1) is 0 Å². The molecule has 0 aromatic carbocycles. The molecular formula is C6H11NO3S. The monoisotopic (exact) mass is 177 g/mol. The Hall–Kier alpha value is -0.840. The van der Waals surface area contributed by atoms with E-state index >= 15 is 0 Å². The van der Waals surface area contributed by atoms with E-state index in [0.717, 1.165) is 0 Å². The molecule has 0 spiro atoms. The fourth-order valence-electron chi connectivity index (χ4n) is 0.300. The predicted molar refractivity (Wildman–Crippen MR) is 42.1 cm³/mol. The standard InChI is InChI=1S/C6H11NO3S/c1-4-11(9,10)7-6(8)5(2)3/h4-5H,1H2,2-3H3,(H,7,8). The average molecular weight is 177 g/mol. The molecule has 0 heterocycles. The van der Waals surface area contributed by atoms with Crippen LogP contribution in [0.5, 0.6) is 0 Å². The largest absolute Gasteiger partial charge is 0.274 e. The van der Waals surface area contributed by atoms with E-state index in [4.69, 9.17) is 0 Å². The van der Waals surface area contributed by atoms with Gasteiger partial charge in [0.25, 0.3) is 10.0 Å². The molecular weight excluding hydrogens is 166 g/mol. The molecule has 0 atom stereocenters. The molecule has 1 amide bonds. The van der Waals surface area contributed by atoms with Crippen molar-refractivity contribution < 1.29 is 13.2 Å². The zero-order valence-corrected chi connectivity index (χ0v) is 7.31. The van der Waals surface area contributed by atoms with Gasteiger partial charge in [-0.25, -0.2) is 13.1 Å². The second-order valence-electron chi connectivity index (χ2n) is 2.33. The Kier molecular flexibility index (Phi) is 3.25. The van der Waals surface area contributed by atoms with Gasteiger partial charge in [0, 0.05) is 11.3 Å². The van der Waals surface area contributed by atoms with Crippen molar-refractivity contribution in [2.75, 3.05) is 0 Å². The molecule has 11 heavy (non-hydrogen) atoms.